The van der Waals surface area contributed by atoms with Gasteiger partial charge in [0.05, 0.1) is 39.6 Å². The number of hydrogen-bond acceptors (Lipinski definition) is 6. The fourth-order valence-electron chi connectivity index (χ4n) is 4.68. The number of quaternary nitrogens is 1. The molecular weight excluding hydrogens is 573 g/mol. The number of halogens is 1. The summed E-state index contributed by atoms with van der Waals surface area (Å²) in [6.45, 7) is 9.00. The van der Waals surface area contributed by atoms with Gasteiger partial charge >= 0.3 is 18.0 Å². The van der Waals surface area contributed by atoms with Gasteiger partial charge in [-0.2, -0.15) is 0 Å². The highest BCUT2D eigenvalue weighted by Crippen LogP contribution is 2.25. The van der Waals surface area contributed by atoms with Crippen molar-refractivity contribution in [2.45, 2.75) is 65.6 Å². The molecule has 2 amide bonds. The first kappa shape index (κ1) is 36.0. The third-order valence-electron chi connectivity index (χ3n) is 7.30. The van der Waals surface area contributed by atoms with Crippen molar-refractivity contribution in [1.82, 2.24) is 10.2 Å². The highest BCUT2D eigenvalue weighted by atomic mass is 19.1. The van der Waals surface area contributed by atoms with Crippen LogP contribution in [0.2, 0.25) is 0 Å². The van der Waals surface area contributed by atoms with Crippen molar-refractivity contribution in [1.29, 1.82) is 0 Å². The Hall–Kier alpha value is -4.19. The van der Waals surface area contributed by atoms with E-state index in [2.05, 4.69) is 26.2 Å². The molecule has 0 aliphatic carbocycles. The fourth-order valence-corrected chi connectivity index (χ4v) is 4.68. The van der Waals surface area contributed by atoms with Gasteiger partial charge in [-0.15, -0.1) is 0 Å². The SMILES string of the molecule is CC(C)COc1ccc(CNC(=O)N(Cc2ccc(F)cc2)C2CC[NH+](C)CC2)cc1.CC(CC(=O)O)(CC(=O)O)C(=O)[O-]. The Morgan fingerprint density at radius 3 is 2.00 bits per heavy atom. The lowest BCUT2D eigenvalue weighted by Crippen LogP contribution is -3.10. The van der Waals surface area contributed by atoms with Crippen molar-refractivity contribution >= 4 is 23.9 Å². The monoisotopic (exact) mass is 617 g/mol. The first-order valence-corrected chi connectivity index (χ1v) is 14.7. The molecule has 2 aromatic rings. The van der Waals surface area contributed by atoms with Gasteiger partial charge in [-0.25, -0.2) is 9.18 Å². The van der Waals surface area contributed by atoms with Crippen LogP contribution in [-0.2, 0) is 27.5 Å². The van der Waals surface area contributed by atoms with Crippen molar-refractivity contribution in [3.8, 4) is 5.75 Å². The average molecular weight is 618 g/mol. The molecule has 12 heteroatoms. The summed E-state index contributed by atoms with van der Waals surface area (Å²) in [7, 11) is 2.19. The number of piperidine rings is 1. The molecule has 1 heterocycles. The van der Waals surface area contributed by atoms with Crippen LogP contribution in [0.25, 0.3) is 0 Å². The number of rotatable bonds is 13. The molecule has 2 aromatic carbocycles. The van der Waals surface area contributed by atoms with E-state index in [-0.39, 0.29) is 17.9 Å². The van der Waals surface area contributed by atoms with Gasteiger partial charge in [0.15, 0.2) is 0 Å². The predicted molar refractivity (Wildman–Crippen MR) is 158 cm³/mol. The number of nitrogens with one attached hydrogen (secondary N) is 2. The van der Waals surface area contributed by atoms with E-state index in [9.17, 15) is 28.7 Å². The second-order valence-electron chi connectivity index (χ2n) is 11.9. The number of ether oxygens (including phenoxy) is 1. The minimum absolute atomic E-state index is 0.0750. The molecule has 0 unspecified atom stereocenters. The summed E-state index contributed by atoms with van der Waals surface area (Å²) in [4.78, 5) is 47.4. The van der Waals surface area contributed by atoms with Crippen molar-refractivity contribution in [3.05, 3.63) is 65.5 Å². The van der Waals surface area contributed by atoms with Gasteiger partial charge in [-0.3, -0.25) is 9.59 Å². The molecule has 0 aromatic heterocycles. The lowest BCUT2D eigenvalue weighted by atomic mass is 9.83. The molecule has 0 spiro atoms. The minimum atomic E-state index is -1.85. The molecule has 11 nitrogen and oxygen atoms in total. The summed E-state index contributed by atoms with van der Waals surface area (Å²) in [6, 6.07) is 14.4. The normalized spacial score (nSPS) is 16.3. The summed E-state index contributed by atoms with van der Waals surface area (Å²) in [5, 5.41) is 30.2. The summed E-state index contributed by atoms with van der Waals surface area (Å²) >= 11 is 0. The van der Waals surface area contributed by atoms with Crippen LogP contribution in [0.5, 0.6) is 5.75 Å². The second kappa shape index (κ2) is 17.2. The third-order valence-corrected chi connectivity index (χ3v) is 7.30. The Labute approximate surface area is 257 Å². The van der Waals surface area contributed by atoms with Crippen LogP contribution in [0.3, 0.4) is 0 Å². The number of carbonyl (C=O) groups excluding carboxylic acids is 2. The molecule has 1 fully saturated rings. The highest BCUT2D eigenvalue weighted by molar-refractivity contribution is 5.84. The molecule has 1 saturated heterocycles. The molecule has 0 radical (unpaired) electrons. The van der Waals surface area contributed by atoms with E-state index in [1.165, 1.54) is 17.0 Å². The van der Waals surface area contributed by atoms with Crippen LogP contribution in [-0.4, -0.2) is 71.8 Å². The number of nitrogens with zero attached hydrogens (tertiary/aromatic N) is 1. The van der Waals surface area contributed by atoms with E-state index in [4.69, 9.17) is 14.9 Å². The Morgan fingerprint density at radius 2 is 1.52 bits per heavy atom. The number of aliphatic carboxylic acids is 3. The van der Waals surface area contributed by atoms with Gasteiger partial charge in [-0.05, 0) is 41.3 Å². The molecule has 4 N–H and O–H groups in total. The summed E-state index contributed by atoms with van der Waals surface area (Å²) < 4.78 is 19.0. The quantitative estimate of drug-likeness (QED) is 0.265. The first-order valence-electron chi connectivity index (χ1n) is 14.7. The van der Waals surface area contributed by atoms with Crippen LogP contribution < -0.4 is 20.1 Å². The molecule has 242 valence electrons. The molecule has 3 rings (SSSR count). The molecule has 0 saturated carbocycles. The minimum Gasteiger partial charge on any atom is -0.550 e. The van der Waals surface area contributed by atoms with Crippen molar-refractivity contribution < 1.29 is 48.5 Å². The smallest absolute Gasteiger partial charge is 0.318 e. The Kier molecular flexibility index (Phi) is 14.1. The second-order valence-corrected chi connectivity index (χ2v) is 11.9. The first-order chi connectivity index (χ1) is 20.7. The lowest BCUT2D eigenvalue weighted by Gasteiger charge is -2.36. The van der Waals surface area contributed by atoms with Gasteiger partial charge in [0.25, 0.3) is 0 Å². The van der Waals surface area contributed by atoms with Crippen LogP contribution >= 0.6 is 0 Å². The lowest BCUT2D eigenvalue weighted by molar-refractivity contribution is -0.885. The summed E-state index contributed by atoms with van der Waals surface area (Å²) in [5.74, 6) is -3.34. The molecule has 1 aliphatic rings. The maximum atomic E-state index is 13.3. The summed E-state index contributed by atoms with van der Waals surface area (Å²) in [5.41, 5.74) is 0.117. The maximum Gasteiger partial charge on any atom is 0.318 e. The van der Waals surface area contributed by atoms with E-state index in [0.717, 1.165) is 49.7 Å². The van der Waals surface area contributed by atoms with E-state index >= 15 is 0 Å². The number of likely N-dealkylation sites (tertiary alicyclic amines) is 1. The van der Waals surface area contributed by atoms with Gasteiger partial charge < -0.3 is 40.0 Å². The Balaban J connectivity index is 0.000000439. The number of carboxylic acids is 3. The topological polar surface area (TPSA) is 161 Å². The predicted octanol–water partition coefficient (Wildman–Crippen LogP) is 1.94. The highest BCUT2D eigenvalue weighted by Gasteiger charge is 2.32. The van der Waals surface area contributed by atoms with Crippen molar-refractivity contribution in [2.75, 3.05) is 26.7 Å². The van der Waals surface area contributed by atoms with E-state index in [1.54, 1.807) is 12.1 Å². The number of carboxylic acid groups (broad SMARTS) is 3. The molecule has 1 aliphatic heterocycles. The van der Waals surface area contributed by atoms with Crippen LogP contribution in [0.1, 0.15) is 57.6 Å². The van der Waals surface area contributed by atoms with E-state index in [0.29, 0.717) is 25.6 Å². The number of carbonyl (C=O) groups is 4. The van der Waals surface area contributed by atoms with Crippen molar-refractivity contribution in [3.63, 3.8) is 0 Å². The van der Waals surface area contributed by atoms with Crippen LogP contribution in [0, 0.1) is 17.2 Å². The number of hydrogen-bond donors (Lipinski definition) is 4. The third kappa shape index (κ3) is 12.6. The molecule has 0 atom stereocenters. The molecular formula is C32H44FN3O8. The van der Waals surface area contributed by atoms with E-state index in [1.807, 2.05) is 29.2 Å². The van der Waals surface area contributed by atoms with Crippen LogP contribution in [0.15, 0.2) is 48.5 Å². The number of urea groups is 1. The van der Waals surface area contributed by atoms with Gasteiger partial charge in [-0.1, -0.05) is 45.0 Å². The maximum absolute atomic E-state index is 13.3. The number of amides is 2. The van der Waals surface area contributed by atoms with Gasteiger partial charge in [0.2, 0.25) is 0 Å². The van der Waals surface area contributed by atoms with Gasteiger partial charge in [0, 0.05) is 43.4 Å². The Morgan fingerprint density at radius 1 is 1.00 bits per heavy atom. The van der Waals surface area contributed by atoms with Gasteiger partial charge in [0.1, 0.15) is 11.6 Å². The zero-order valence-corrected chi connectivity index (χ0v) is 25.8. The van der Waals surface area contributed by atoms with Crippen LogP contribution in [0.4, 0.5) is 9.18 Å². The zero-order chi connectivity index (χ0) is 32.9. The Bertz CT molecular complexity index is 1210. The standard InChI is InChI=1S/C25H34FN3O2.C7H10O6/c1-19(2)18-31-24-10-6-20(7-11-24)16-27-25(30)29(23-12-14-28(3)15-13-23)17-21-4-8-22(26)9-5-21;1-7(6(12)13,2-4(8)9)3-5(10)11/h4-11,19,23H,12-18H2,1-3H3,(H,27,30);2-3H2,1H3,(H,8,9)(H,10,11)(H,12,13). The van der Waals surface area contributed by atoms with E-state index < -0.39 is 36.2 Å². The zero-order valence-electron chi connectivity index (χ0n) is 25.8. The largest absolute Gasteiger partial charge is 0.550 e. The number of benzene rings is 2. The molecule has 0 bridgehead atoms. The fraction of sp³-hybridized carbons (Fsp3) is 0.500. The summed E-state index contributed by atoms with van der Waals surface area (Å²) in [6.07, 6.45) is 0.425. The van der Waals surface area contributed by atoms with Crippen molar-refractivity contribution in [2.24, 2.45) is 11.3 Å². The average Bonchev–Trinajstić information content (AvgIpc) is 2.95. The molecule has 44 heavy (non-hydrogen) atoms.